The Labute approximate surface area is 93.4 Å². The van der Waals surface area contributed by atoms with E-state index >= 15 is 0 Å². The summed E-state index contributed by atoms with van der Waals surface area (Å²) in [5.41, 5.74) is 5.59. The van der Waals surface area contributed by atoms with Gasteiger partial charge in [0.15, 0.2) is 6.23 Å². The van der Waals surface area contributed by atoms with Gasteiger partial charge in [-0.15, -0.1) is 0 Å². The van der Waals surface area contributed by atoms with Gasteiger partial charge >= 0.3 is 5.97 Å². The van der Waals surface area contributed by atoms with Crippen LogP contribution < -0.4 is 5.73 Å². The summed E-state index contributed by atoms with van der Waals surface area (Å²) in [6, 6.07) is 0. The summed E-state index contributed by atoms with van der Waals surface area (Å²) in [5, 5.41) is 0. The van der Waals surface area contributed by atoms with Gasteiger partial charge in [0.2, 0.25) is 0 Å². The lowest BCUT2D eigenvalue weighted by molar-refractivity contribution is -0.149. The van der Waals surface area contributed by atoms with E-state index in [-0.39, 0.29) is 5.97 Å². The molecule has 1 atom stereocenters. The van der Waals surface area contributed by atoms with E-state index in [1.54, 1.807) is 0 Å². The maximum Gasteiger partial charge on any atom is 0.307 e. The molecule has 0 saturated carbocycles. The summed E-state index contributed by atoms with van der Waals surface area (Å²) in [5.74, 6) is -0.146. The molecule has 3 heteroatoms. The number of ether oxygens (including phenoxy) is 1. The molecule has 0 heterocycles. The van der Waals surface area contributed by atoms with Crippen molar-refractivity contribution in [2.75, 3.05) is 0 Å². The quantitative estimate of drug-likeness (QED) is 0.365. The molecular weight excluding hydrogens is 190 g/mol. The topological polar surface area (TPSA) is 52.3 Å². The van der Waals surface area contributed by atoms with Crippen LogP contribution in [0.15, 0.2) is 0 Å². The van der Waals surface area contributed by atoms with E-state index in [0.29, 0.717) is 6.42 Å². The number of unbranched alkanes of at least 4 members (excludes halogenated alkanes) is 4. The van der Waals surface area contributed by atoms with Gasteiger partial charge in [-0.1, -0.05) is 46.0 Å². The minimum Gasteiger partial charge on any atom is -0.447 e. The lowest BCUT2D eigenvalue weighted by Crippen LogP contribution is -2.26. The molecular formula is C12H25NO2. The van der Waals surface area contributed by atoms with E-state index in [4.69, 9.17) is 10.5 Å². The van der Waals surface area contributed by atoms with E-state index in [2.05, 4.69) is 6.92 Å². The van der Waals surface area contributed by atoms with Crippen molar-refractivity contribution in [2.45, 2.75) is 71.4 Å². The summed E-state index contributed by atoms with van der Waals surface area (Å²) in [6.45, 7) is 4.20. The number of esters is 1. The minimum atomic E-state index is -0.404. The van der Waals surface area contributed by atoms with Crippen molar-refractivity contribution in [3.8, 4) is 0 Å². The van der Waals surface area contributed by atoms with Crippen molar-refractivity contribution in [1.82, 2.24) is 0 Å². The van der Waals surface area contributed by atoms with Crippen molar-refractivity contribution in [3.63, 3.8) is 0 Å². The molecule has 0 aromatic heterocycles. The number of rotatable bonds is 9. The Balaban J connectivity index is 3.32. The number of carbonyl (C=O) groups excluding carboxylic acids is 1. The van der Waals surface area contributed by atoms with Gasteiger partial charge in [-0.25, -0.2) is 0 Å². The van der Waals surface area contributed by atoms with Gasteiger partial charge in [0.05, 0.1) is 0 Å². The van der Waals surface area contributed by atoms with Crippen molar-refractivity contribution >= 4 is 5.97 Å². The lowest BCUT2D eigenvalue weighted by atomic mass is 10.1. The van der Waals surface area contributed by atoms with Crippen LogP contribution in [0.4, 0.5) is 0 Å². The van der Waals surface area contributed by atoms with Crippen LogP contribution in [0.1, 0.15) is 65.2 Å². The van der Waals surface area contributed by atoms with E-state index in [1.807, 2.05) is 6.92 Å². The van der Waals surface area contributed by atoms with Crippen LogP contribution in [-0.2, 0) is 9.53 Å². The van der Waals surface area contributed by atoms with Crippen molar-refractivity contribution in [1.29, 1.82) is 0 Å². The van der Waals surface area contributed by atoms with Gasteiger partial charge in [-0.05, 0) is 12.8 Å². The molecule has 0 aliphatic carbocycles. The second-order valence-corrected chi connectivity index (χ2v) is 3.98. The number of hydrogen-bond acceptors (Lipinski definition) is 3. The summed E-state index contributed by atoms with van der Waals surface area (Å²) >= 11 is 0. The minimum absolute atomic E-state index is 0.146. The molecule has 0 aromatic carbocycles. The number of nitrogens with two attached hydrogens (primary N) is 1. The lowest BCUT2D eigenvalue weighted by Gasteiger charge is -2.11. The summed E-state index contributed by atoms with van der Waals surface area (Å²) in [7, 11) is 0. The molecule has 0 aliphatic rings. The molecule has 0 fully saturated rings. The highest BCUT2D eigenvalue weighted by Crippen LogP contribution is 2.06. The Morgan fingerprint density at radius 2 is 1.80 bits per heavy atom. The molecule has 0 saturated heterocycles. The largest absolute Gasteiger partial charge is 0.447 e. The van der Waals surface area contributed by atoms with Crippen LogP contribution >= 0.6 is 0 Å². The van der Waals surface area contributed by atoms with Crippen LogP contribution in [0, 0.1) is 0 Å². The summed E-state index contributed by atoms with van der Waals surface area (Å²) < 4.78 is 5.04. The monoisotopic (exact) mass is 215 g/mol. The molecule has 0 amide bonds. The average Bonchev–Trinajstić information content (AvgIpc) is 2.17. The van der Waals surface area contributed by atoms with Crippen molar-refractivity contribution in [2.24, 2.45) is 5.73 Å². The number of carbonyl (C=O) groups is 1. The van der Waals surface area contributed by atoms with Crippen LogP contribution in [0.25, 0.3) is 0 Å². The molecule has 0 spiro atoms. The maximum atomic E-state index is 11.3. The third-order valence-electron chi connectivity index (χ3n) is 2.34. The predicted octanol–water partition coefficient (Wildman–Crippen LogP) is 2.98. The smallest absolute Gasteiger partial charge is 0.307 e. The second-order valence-electron chi connectivity index (χ2n) is 3.98. The third kappa shape index (κ3) is 9.73. The van der Waals surface area contributed by atoms with Gasteiger partial charge in [-0.2, -0.15) is 0 Å². The van der Waals surface area contributed by atoms with Gasteiger partial charge < -0.3 is 4.74 Å². The molecule has 3 nitrogen and oxygen atoms in total. The Kier molecular flexibility index (Phi) is 9.59. The van der Waals surface area contributed by atoms with Crippen LogP contribution in [0.2, 0.25) is 0 Å². The Morgan fingerprint density at radius 1 is 1.13 bits per heavy atom. The summed E-state index contributed by atoms with van der Waals surface area (Å²) in [6.07, 6.45) is 7.55. The Bertz CT molecular complexity index is 160. The normalized spacial score (nSPS) is 12.5. The van der Waals surface area contributed by atoms with Crippen LogP contribution in [-0.4, -0.2) is 12.2 Å². The van der Waals surface area contributed by atoms with Crippen LogP contribution in [0.5, 0.6) is 0 Å². The van der Waals surface area contributed by atoms with Crippen molar-refractivity contribution in [3.05, 3.63) is 0 Å². The van der Waals surface area contributed by atoms with E-state index < -0.39 is 6.23 Å². The predicted molar refractivity (Wildman–Crippen MR) is 62.4 cm³/mol. The highest BCUT2D eigenvalue weighted by molar-refractivity contribution is 5.69. The van der Waals surface area contributed by atoms with Crippen LogP contribution in [0.3, 0.4) is 0 Å². The molecule has 1 unspecified atom stereocenters. The average molecular weight is 215 g/mol. The van der Waals surface area contributed by atoms with E-state index in [0.717, 1.165) is 25.7 Å². The molecule has 90 valence electrons. The highest BCUT2D eigenvalue weighted by Gasteiger charge is 2.07. The van der Waals surface area contributed by atoms with Crippen molar-refractivity contribution < 1.29 is 9.53 Å². The molecule has 0 aromatic rings. The molecule has 0 aliphatic heterocycles. The highest BCUT2D eigenvalue weighted by atomic mass is 16.6. The standard InChI is InChI=1S/C12H25NO2/c1-3-5-6-7-8-10-12(14)15-11(13)9-4-2/h11H,3-10,13H2,1-2H3. The molecule has 0 rings (SSSR count). The molecule has 0 radical (unpaired) electrons. The first-order valence-electron chi connectivity index (χ1n) is 6.15. The second kappa shape index (κ2) is 9.97. The zero-order valence-corrected chi connectivity index (χ0v) is 10.1. The van der Waals surface area contributed by atoms with Gasteiger partial charge in [-0.3, -0.25) is 10.5 Å². The molecule has 0 bridgehead atoms. The van der Waals surface area contributed by atoms with E-state index in [1.165, 1.54) is 19.3 Å². The third-order valence-corrected chi connectivity index (χ3v) is 2.34. The zero-order valence-electron chi connectivity index (χ0n) is 10.1. The molecule has 15 heavy (non-hydrogen) atoms. The van der Waals surface area contributed by atoms with Gasteiger partial charge in [0, 0.05) is 6.42 Å². The number of hydrogen-bond donors (Lipinski definition) is 1. The Morgan fingerprint density at radius 3 is 2.40 bits per heavy atom. The Hall–Kier alpha value is -0.570. The first-order chi connectivity index (χ1) is 7.20. The molecule has 2 N–H and O–H groups in total. The van der Waals surface area contributed by atoms with Gasteiger partial charge in [0.1, 0.15) is 0 Å². The fourth-order valence-electron chi connectivity index (χ4n) is 1.44. The van der Waals surface area contributed by atoms with Gasteiger partial charge in [0.25, 0.3) is 0 Å². The zero-order chi connectivity index (χ0) is 11.5. The maximum absolute atomic E-state index is 11.3. The van der Waals surface area contributed by atoms with E-state index in [9.17, 15) is 4.79 Å². The SMILES string of the molecule is CCCCCCCC(=O)OC(N)CCC. The first-order valence-corrected chi connectivity index (χ1v) is 6.15. The fourth-order valence-corrected chi connectivity index (χ4v) is 1.44. The first kappa shape index (κ1) is 14.4. The fraction of sp³-hybridized carbons (Fsp3) is 0.917. The summed E-state index contributed by atoms with van der Waals surface area (Å²) in [4.78, 5) is 11.3.